The number of hydrogen-bond donors (Lipinski definition) is 1. The molecular formula is C12H21NS. The Labute approximate surface area is 91.3 Å². The monoisotopic (exact) mass is 211 g/mol. The number of hydrogen-bond acceptors (Lipinski definition) is 2. The molecule has 0 aliphatic heterocycles. The Hall–Kier alpha value is -0.340. The highest BCUT2D eigenvalue weighted by atomic mass is 32.1. The molecule has 2 unspecified atom stereocenters. The molecular weight excluding hydrogens is 190 g/mol. The van der Waals surface area contributed by atoms with Crippen LogP contribution in [0, 0.1) is 5.92 Å². The summed E-state index contributed by atoms with van der Waals surface area (Å²) < 4.78 is 0. The summed E-state index contributed by atoms with van der Waals surface area (Å²) in [6.07, 6.45) is 4.76. The minimum atomic E-state index is 0.370. The van der Waals surface area contributed by atoms with Crippen LogP contribution in [0.25, 0.3) is 0 Å². The van der Waals surface area contributed by atoms with Gasteiger partial charge in [0.2, 0.25) is 0 Å². The van der Waals surface area contributed by atoms with Crippen LogP contribution in [0.3, 0.4) is 0 Å². The van der Waals surface area contributed by atoms with Crippen molar-refractivity contribution >= 4 is 11.3 Å². The van der Waals surface area contributed by atoms with Gasteiger partial charge in [-0.25, -0.2) is 0 Å². The first kappa shape index (κ1) is 11.7. The predicted octanol–water partition coefficient (Wildman–Crippen LogP) is 3.44. The molecule has 1 aromatic heterocycles. The van der Waals surface area contributed by atoms with E-state index in [-0.39, 0.29) is 0 Å². The lowest BCUT2D eigenvalue weighted by atomic mass is 9.93. The van der Waals surface area contributed by atoms with Gasteiger partial charge in [-0.3, -0.25) is 0 Å². The number of thiophene rings is 1. The molecule has 14 heavy (non-hydrogen) atoms. The van der Waals surface area contributed by atoms with Gasteiger partial charge in [-0.1, -0.05) is 20.3 Å². The van der Waals surface area contributed by atoms with Gasteiger partial charge >= 0.3 is 0 Å². The molecule has 2 atom stereocenters. The van der Waals surface area contributed by atoms with Crippen LogP contribution in [-0.2, 0) is 6.42 Å². The van der Waals surface area contributed by atoms with Crippen LogP contribution in [0.2, 0.25) is 0 Å². The zero-order valence-corrected chi connectivity index (χ0v) is 10.0. The summed E-state index contributed by atoms with van der Waals surface area (Å²) in [5.41, 5.74) is 7.56. The molecule has 0 saturated carbocycles. The van der Waals surface area contributed by atoms with E-state index in [4.69, 9.17) is 5.73 Å². The number of nitrogens with two attached hydrogens (primary N) is 1. The fourth-order valence-corrected chi connectivity index (χ4v) is 2.43. The molecule has 0 aromatic carbocycles. The summed E-state index contributed by atoms with van der Waals surface area (Å²) in [7, 11) is 0. The maximum atomic E-state index is 6.12. The van der Waals surface area contributed by atoms with Crippen molar-refractivity contribution < 1.29 is 0 Å². The minimum Gasteiger partial charge on any atom is -0.327 e. The third-order valence-corrected chi connectivity index (χ3v) is 3.55. The second-order valence-electron chi connectivity index (χ2n) is 4.10. The van der Waals surface area contributed by atoms with Crippen LogP contribution in [0.15, 0.2) is 16.8 Å². The van der Waals surface area contributed by atoms with E-state index in [9.17, 15) is 0 Å². The fraction of sp³-hybridized carbons (Fsp3) is 0.667. The molecule has 1 aromatic rings. The maximum Gasteiger partial charge on any atom is 0.00676 e. The van der Waals surface area contributed by atoms with Crippen LogP contribution in [0.4, 0.5) is 0 Å². The van der Waals surface area contributed by atoms with E-state index in [1.807, 2.05) is 0 Å². The van der Waals surface area contributed by atoms with Gasteiger partial charge in [0.05, 0.1) is 0 Å². The molecule has 1 heterocycles. The molecule has 0 aliphatic rings. The van der Waals surface area contributed by atoms with Crippen molar-refractivity contribution in [2.24, 2.45) is 11.7 Å². The molecule has 0 spiro atoms. The smallest absolute Gasteiger partial charge is 0.00676 e. The first-order valence-electron chi connectivity index (χ1n) is 5.50. The van der Waals surface area contributed by atoms with Crippen molar-refractivity contribution in [1.82, 2.24) is 0 Å². The fourth-order valence-electron chi connectivity index (χ4n) is 1.72. The third kappa shape index (κ3) is 3.81. The zero-order chi connectivity index (χ0) is 10.4. The Kier molecular flexibility index (Phi) is 5.20. The largest absolute Gasteiger partial charge is 0.327 e. The van der Waals surface area contributed by atoms with Crippen LogP contribution >= 0.6 is 11.3 Å². The van der Waals surface area contributed by atoms with Crippen molar-refractivity contribution in [3.05, 3.63) is 22.4 Å². The van der Waals surface area contributed by atoms with Gasteiger partial charge in [0.1, 0.15) is 0 Å². The SMILES string of the molecule is CCCC(C)C(N)CCc1ccsc1. The topological polar surface area (TPSA) is 26.0 Å². The van der Waals surface area contributed by atoms with Gasteiger partial charge in [-0.05, 0) is 47.6 Å². The van der Waals surface area contributed by atoms with Gasteiger partial charge in [0.15, 0.2) is 0 Å². The van der Waals surface area contributed by atoms with Gasteiger partial charge < -0.3 is 5.73 Å². The predicted molar refractivity (Wildman–Crippen MR) is 64.7 cm³/mol. The van der Waals surface area contributed by atoms with Crippen molar-refractivity contribution in [3.63, 3.8) is 0 Å². The van der Waals surface area contributed by atoms with Crippen molar-refractivity contribution in [3.8, 4) is 0 Å². The van der Waals surface area contributed by atoms with E-state index in [0.29, 0.717) is 12.0 Å². The summed E-state index contributed by atoms with van der Waals surface area (Å²) in [5.74, 6) is 0.665. The Bertz CT molecular complexity index is 230. The summed E-state index contributed by atoms with van der Waals surface area (Å²) in [6.45, 7) is 4.49. The van der Waals surface area contributed by atoms with E-state index in [1.165, 1.54) is 18.4 Å². The lowest BCUT2D eigenvalue weighted by Crippen LogP contribution is -2.28. The average molecular weight is 211 g/mol. The molecule has 0 radical (unpaired) electrons. The van der Waals surface area contributed by atoms with Crippen LogP contribution in [0.1, 0.15) is 38.7 Å². The molecule has 0 amide bonds. The molecule has 2 heteroatoms. The van der Waals surface area contributed by atoms with E-state index >= 15 is 0 Å². The second-order valence-corrected chi connectivity index (χ2v) is 4.88. The molecule has 0 saturated heterocycles. The zero-order valence-electron chi connectivity index (χ0n) is 9.20. The molecule has 80 valence electrons. The van der Waals surface area contributed by atoms with E-state index in [1.54, 1.807) is 11.3 Å². The van der Waals surface area contributed by atoms with Crippen molar-refractivity contribution in [1.29, 1.82) is 0 Å². The molecule has 1 rings (SSSR count). The Morgan fingerprint density at radius 3 is 2.79 bits per heavy atom. The first-order valence-corrected chi connectivity index (χ1v) is 6.45. The Morgan fingerprint density at radius 1 is 1.43 bits per heavy atom. The molecule has 0 fully saturated rings. The molecule has 0 aliphatic carbocycles. The van der Waals surface area contributed by atoms with Gasteiger partial charge in [0.25, 0.3) is 0 Å². The minimum absolute atomic E-state index is 0.370. The normalized spacial score (nSPS) is 15.4. The molecule has 0 bridgehead atoms. The summed E-state index contributed by atoms with van der Waals surface area (Å²) in [4.78, 5) is 0. The van der Waals surface area contributed by atoms with Crippen LogP contribution < -0.4 is 5.73 Å². The summed E-state index contributed by atoms with van der Waals surface area (Å²) in [5, 5.41) is 4.35. The average Bonchev–Trinajstić information content (AvgIpc) is 2.67. The van der Waals surface area contributed by atoms with Crippen molar-refractivity contribution in [2.75, 3.05) is 0 Å². The third-order valence-electron chi connectivity index (χ3n) is 2.82. The standard InChI is InChI=1S/C12H21NS/c1-3-4-10(2)12(13)6-5-11-7-8-14-9-11/h7-10,12H,3-6,13H2,1-2H3. The first-order chi connectivity index (χ1) is 6.74. The number of aryl methyl sites for hydroxylation is 1. The van der Waals surface area contributed by atoms with E-state index < -0.39 is 0 Å². The highest BCUT2D eigenvalue weighted by molar-refractivity contribution is 7.07. The quantitative estimate of drug-likeness (QED) is 0.766. The van der Waals surface area contributed by atoms with E-state index in [0.717, 1.165) is 12.8 Å². The maximum absolute atomic E-state index is 6.12. The lowest BCUT2D eigenvalue weighted by molar-refractivity contribution is 0.403. The summed E-state index contributed by atoms with van der Waals surface area (Å²) >= 11 is 1.77. The molecule has 1 nitrogen and oxygen atoms in total. The van der Waals surface area contributed by atoms with E-state index in [2.05, 4.69) is 30.7 Å². The highest BCUT2D eigenvalue weighted by Crippen LogP contribution is 2.15. The molecule has 2 N–H and O–H groups in total. The highest BCUT2D eigenvalue weighted by Gasteiger charge is 2.11. The number of rotatable bonds is 6. The Balaban J connectivity index is 2.24. The van der Waals surface area contributed by atoms with Crippen LogP contribution in [0.5, 0.6) is 0 Å². The second kappa shape index (κ2) is 6.20. The lowest BCUT2D eigenvalue weighted by Gasteiger charge is -2.18. The van der Waals surface area contributed by atoms with Gasteiger partial charge in [0, 0.05) is 6.04 Å². The van der Waals surface area contributed by atoms with Crippen molar-refractivity contribution in [2.45, 2.75) is 45.6 Å². The van der Waals surface area contributed by atoms with Gasteiger partial charge in [-0.2, -0.15) is 11.3 Å². The van der Waals surface area contributed by atoms with Crippen LogP contribution in [-0.4, -0.2) is 6.04 Å². The Morgan fingerprint density at radius 2 is 2.21 bits per heavy atom. The van der Waals surface area contributed by atoms with Gasteiger partial charge in [-0.15, -0.1) is 0 Å². The summed E-state index contributed by atoms with van der Waals surface area (Å²) in [6, 6.07) is 2.57.